The predicted molar refractivity (Wildman–Crippen MR) is 122 cm³/mol. The van der Waals surface area contributed by atoms with Crippen LogP contribution in [0.2, 0.25) is 0 Å². The summed E-state index contributed by atoms with van der Waals surface area (Å²) in [5, 5.41) is 20.1. The number of ether oxygens (including phenoxy) is 2. The molecule has 0 bridgehead atoms. The maximum atomic E-state index is 10.5. The standard InChI is InChI=1S/C25H38N2O4/c1-3-13-27(21-7-5-4-6-8-21)17-20-16-24(30-2)9-10-25(20)31-19-23(29)18-26-14-11-22(28)12-15-26/h1,9-10,16,21-23,28-29H,4-8,11-15,17-19H2,2H3. The minimum atomic E-state index is -0.578. The van der Waals surface area contributed by atoms with Crippen LogP contribution in [0.4, 0.5) is 0 Å². The normalized spacial score (nSPS) is 19.8. The summed E-state index contributed by atoms with van der Waals surface area (Å²) in [4.78, 5) is 4.56. The van der Waals surface area contributed by atoms with Crippen LogP contribution in [0, 0.1) is 12.3 Å². The van der Waals surface area contributed by atoms with Crippen LogP contribution in [-0.2, 0) is 6.54 Å². The minimum absolute atomic E-state index is 0.207. The average molecular weight is 431 g/mol. The molecule has 0 aromatic heterocycles. The molecule has 0 spiro atoms. The van der Waals surface area contributed by atoms with Crippen LogP contribution < -0.4 is 9.47 Å². The summed E-state index contributed by atoms with van der Waals surface area (Å²) in [5.41, 5.74) is 1.04. The van der Waals surface area contributed by atoms with Crippen molar-refractivity contribution in [3.05, 3.63) is 23.8 Å². The van der Waals surface area contributed by atoms with E-state index in [1.165, 1.54) is 32.1 Å². The van der Waals surface area contributed by atoms with Crippen LogP contribution >= 0.6 is 0 Å². The Hall–Kier alpha value is -1.78. The number of aliphatic hydroxyl groups is 2. The van der Waals surface area contributed by atoms with E-state index in [1.54, 1.807) is 7.11 Å². The number of terminal acetylenes is 1. The zero-order chi connectivity index (χ0) is 22.1. The third kappa shape index (κ3) is 7.40. The van der Waals surface area contributed by atoms with Gasteiger partial charge >= 0.3 is 0 Å². The molecule has 1 aromatic rings. The van der Waals surface area contributed by atoms with E-state index in [0.717, 1.165) is 43.0 Å². The van der Waals surface area contributed by atoms with E-state index in [-0.39, 0.29) is 12.7 Å². The maximum Gasteiger partial charge on any atom is 0.124 e. The summed E-state index contributed by atoms with van der Waals surface area (Å²) in [5.74, 6) is 4.38. The van der Waals surface area contributed by atoms with Gasteiger partial charge in [-0.3, -0.25) is 4.90 Å². The van der Waals surface area contributed by atoms with Gasteiger partial charge in [-0.05, 0) is 43.9 Å². The topological polar surface area (TPSA) is 65.4 Å². The van der Waals surface area contributed by atoms with Crippen molar-refractivity contribution < 1.29 is 19.7 Å². The minimum Gasteiger partial charge on any atom is -0.497 e. The SMILES string of the molecule is C#CCN(Cc1cc(OC)ccc1OCC(O)CN1CCC(O)CC1)C1CCCCC1. The molecule has 1 aliphatic carbocycles. The Morgan fingerprint density at radius 2 is 1.94 bits per heavy atom. The van der Waals surface area contributed by atoms with Crippen molar-refractivity contribution in [3.8, 4) is 23.8 Å². The highest BCUT2D eigenvalue weighted by molar-refractivity contribution is 5.40. The summed E-state index contributed by atoms with van der Waals surface area (Å²) in [6.07, 6.45) is 12.6. The van der Waals surface area contributed by atoms with Crippen molar-refractivity contribution in [2.45, 2.75) is 69.7 Å². The second kappa shape index (κ2) is 12.3. The number of aliphatic hydroxyl groups excluding tert-OH is 2. The van der Waals surface area contributed by atoms with Gasteiger partial charge in [0.15, 0.2) is 0 Å². The number of β-amino-alcohol motifs (C(OH)–C–C–N with tert-alkyl or cyclic N) is 1. The molecule has 0 amide bonds. The van der Waals surface area contributed by atoms with E-state index in [4.69, 9.17) is 15.9 Å². The molecule has 1 saturated heterocycles. The highest BCUT2D eigenvalue weighted by atomic mass is 16.5. The Kier molecular flexibility index (Phi) is 9.48. The summed E-state index contributed by atoms with van der Waals surface area (Å²) < 4.78 is 11.5. The Morgan fingerprint density at radius 3 is 2.61 bits per heavy atom. The molecule has 0 radical (unpaired) electrons. The molecule has 1 aliphatic heterocycles. The van der Waals surface area contributed by atoms with Crippen LogP contribution in [-0.4, -0.2) is 78.2 Å². The lowest BCUT2D eigenvalue weighted by molar-refractivity contribution is 0.0334. The third-order valence-electron chi connectivity index (χ3n) is 6.48. The Morgan fingerprint density at radius 1 is 1.19 bits per heavy atom. The van der Waals surface area contributed by atoms with Gasteiger partial charge in [0.1, 0.15) is 24.2 Å². The van der Waals surface area contributed by atoms with Crippen LogP contribution in [0.25, 0.3) is 0 Å². The number of methoxy groups -OCH3 is 1. The van der Waals surface area contributed by atoms with Gasteiger partial charge in [-0.1, -0.05) is 25.2 Å². The van der Waals surface area contributed by atoms with Crippen molar-refractivity contribution in [3.63, 3.8) is 0 Å². The number of rotatable bonds is 10. The molecule has 6 heteroatoms. The molecule has 1 saturated carbocycles. The van der Waals surface area contributed by atoms with Crippen LogP contribution in [0.3, 0.4) is 0 Å². The van der Waals surface area contributed by atoms with Gasteiger partial charge in [0, 0.05) is 37.8 Å². The van der Waals surface area contributed by atoms with Crippen molar-refractivity contribution in [1.29, 1.82) is 0 Å². The van der Waals surface area contributed by atoms with E-state index in [1.807, 2.05) is 18.2 Å². The lowest BCUT2D eigenvalue weighted by Crippen LogP contribution is -2.42. The van der Waals surface area contributed by atoms with Crippen molar-refractivity contribution in [2.24, 2.45) is 0 Å². The molecule has 2 fully saturated rings. The summed E-state index contributed by atoms with van der Waals surface area (Å²) >= 11 is 0. The number of piperidine rings is 1. The zero-order valence-electron chi connectivity index (χ0n) is 18.8. The highest BCUT2D eigenvalue weighted by Gasteiger charge is 2.23. The van der Waals surface area contributed by atoms with Crippen LogP contribution in [0.15, 0.2) is 18.2 Å². The maximum absolute atomic E-state index is 10.5. The number of nitrogens with zero attached hydrogens (tertiary/aromatic N) is 2. The molecule has 1 unspecified atom stereocenters. The van der Waals surface area contributed by atoms with Crippen molar-refractivity contribution in [2.75, 3.05) is 39.9 Å². The van der Waals surface area contributed by atoms with E-state index in [2.05, 4.69) is 15.7 Å². The van der Waals surface area contributed by atoms with Crippen LogP contribution in [0.1, 0.15) is 50.5 Å². The molecule has 1 heterocycles. The Balaban J connectivity index is 1.62. The fraction of sp³-hybridized carbons (Fsp3) is 0.680. The van der Waals surface area contributed by atoms with Crippen molar-refractivity contribution in [1.82, 2.24) is 9.80 Å². The number of hydrogen-bond donors (Lipinski definition) is 2. The molecule has 1 aromatic carbocycles. The monoisotopic (exact) mass is 430 g/mol. The number of benzene rings is 1. The largest absolute Gasteiger partial charge is 0.497 e. The molecular formula is C25H38N2O4. The lowest BCUT2D eigenvalue weighted by Gasteiger charge is -2.33. The van der Waals surface area contributed by atoms with Gasteiger partial charge < -0.3 is 24.6 Å². The van der Waals surface area contributed by atoms with Crippen molar-refractivity contribution >= 4 is 0 Å². The third-order valence-corrected chi connectivity index (χ3v) is 6.48. The molecule has 31 heavy (non-hydrogen) atoms. The summed E-state index contributed by atoms with van der Waals surface area (Å²) in [6.45, 7) is 3.75. The van der Waals surface area contributed by atoms with Gasteiger partial charge in [-0.15, -0.1) is 6.42 Å². The second-order valence-electron chi connectivity index (χ2n) is 8.87. The summed E-state index contributed by atoms with van der Waals surface area (Å²) in [7, 11) is 1.67. The lowest BCUT2D eigenvalue weighted by atomic mass is 9.93. The van der Waals surface area contributed by atoms with E-state index in [9.17, 15) is 10.2 Å². The summed E-state index contributed by atoms with van der Waals surface area (Å²) in [6, 6.07) is 6.33. The fourth-order valence-electron chi connectivity index (χ4n) is 4.68. The first-order valence-corrected chi connectivity index (χ1v) is 11.6. The molecule has 172 valence electrons. The molecule has 2 N–H and O–H groups in total. The molecule has 1 atom stereocenters. The van der Waals surface area contributed by atoms with Gasteiger partial charge in [0.25, 0.3) is 0 Å². The quantitative estimate of drug-likeness (QED) is 0.557. The first kappa shape index (κ1) is 23.9. The highest BCUT2D eigenvalue weighted by Crippen LogP contribution is 2.29. The Labute approximate surface area is 187 Å². The number of hydrogen-bond acceptors (Lipinski definition) is 6. The van der Waals surface area contributed by atoms with Gasteiger partial charge in [-0.2, -0.15) is 0 Å². The molecular weight excluding hydrogens is 392 g/mol. The smallest absolute Gasteiger partial charge is 0.124 e. The van der Waals surface area contributed by atoms with E-state index < -0.39 is 6.10 Å². The zero-order valence-corrected chi connectivity index (χ0v) is 18.8. The first-order valence-electron chi connectivity index (χ1n) is 11.6. The molecule has 3 rings (SSSR count). The first-order chi connectivity index (χ1) is 15.1. The van der Waals surface area contributed by atoms with E-state index in [0.29, 0.717) is 25.7 Å². The van der Waals surface area contributed by atoms with E-state index >= 15 is 0 Å². The predicted octanol–water partition coefficient (Wildman–Crippen LogP) is 2.66. The molecule has 6 nitrogen and oxygen atoms in total. The van der Waals surface area contributed by atoms with Gasteiger partial charge in [0.2, 0.25) is 0 Å². The fourth-order valence-corrected chi connectivity index (χ4v) is 4.68. The van der Waals surface area contributed by atoms with Gasteiger partial charge in [-0.25, -0.2) is 0 Å². The second-order valence-corrected chi connectivity index (χ2v) is 8.87. The van der Waals surface area contributed by atoms with Gasteiger partial charge in [0.05, 0.1) is 19.8 Å². The average Bonchev–Trinajstić information content (AvgIpc) is 2.80. The van der Waals surface area contributed by atoms with Crippen LogP contribution in [0.5, 0.6) is 11.5 Å². The molecule has 2 aliphatic rings. The Bertz CT molecular complexity index is 706. The number of likely N-dealkylation sites (tertiary alicyclic amines) is 1.